The highest BCUT2D eigenvalue weighted by molar-refractivity contribution is 6.31. The van der Waals surface area contributed by atoms with Gasteiger partial charge in [-0.3, -0.25) is 18.3 Å². The molecule has 0 aliphatic heterocycles. The van der Waals surface area contributed by atoms with Crippen LogP contribution in [-0.4, -0.2) is 23.1 Å². The van der Waals surface area contributed by atoms with Crippen molar-refractivity contribution in [1.82, 2.24) is 23.1 Å². The summed E-state index contributed by atoms with van der Waals surface area (Å²) in [7, 11) is 1.62. The quantitative estimate of drug-likeness (QED) is 0.497. The molecule has 0 saturated carbocycles. The number of hydrogen-bond donors (Lipinski definition) is 0. The zero-order chi connectivity index (χ0) is 20.2. The van der Waals surface area contributed by atoms with Crippen molar-refractivity contribution in [2.75, 3.05) is 0 Å². The molecular formula is C20H20ClN5O2. The summed E-state index contributed by atoms with van der Waals surface area (Å²) in [5.74, 6) is 0.618. The highest BCUT2D eigenvalue weighted by atomic mass is 35.5. The lowest BCUT2D eigenvalue weighted by Crippen LogP contribution is -2.39. The number of nitrogens with zero attached hydrogens (tertiary/aromatic N) is 5. The minimum Gasteiger partial charge on any atom is -0.310 e. The van der Waals surface area contributed by atoms with E-state index in [1.54, 1.807) is 25.3 Å². The lowest BCUT2D eigenvalue weighted by atomic mass is 10.2. The highest BCUT2D eigenvalue weighted by Crippen LogP contribution is 2.21. The lowest BCUT2D eigenvalue weighted by molar-refractivity contribution is 0.656. The van der Waals surface area contributed by atoms with Crippen LogP contribution in [0.5, 0.6) is 0 Å². The maximum Gasteiger partial charge on any atom is 0.332 e. The summed E-state index contributed by atoms with van der Waals surface area (Å²) in [6.45, 7) is 8.37. The van der Waals surface area contributed by atoms with E-state index >= 15 is 0 Å². The van der Waals surface area contributed by atoms with Crippen molar-refractivity contribution < 1.29 is 0 Å². The summed E-state index contributed by atoms with van der Waals surface area (Å²) in [5.41, 5.74) is 2.54. The molecule has 1 aromatic carbocycles. The molecule has 0 saturated heterocycles. The molecule has 0 spiro atoms. The van der Waals surface area contributed by atoms with Crippen molar-refractivity contribution in [3.8, 4) is 0 Å². The Morgan fingerprint density at radius 2 is 1.86 bits per heavy atom. The molecule has 7 nitrogen and oxygen atoms in total. The molecule has 8 heteroatoms. The Kier molecular flexibility index (Phi) is 4.27. The molecule has 0 bridgehead atoms. The van der Waals surface area contributed by atoms with Gasteiger partial charge >= 0.3 is 5.69 Å². The molecule has 0 atom stereocenters. The van der Waals surface area contributed by atoms with Crippen LogP contribution in [-0.2, 0) is 20.1 Å². The molecule has 0 radical (unpaired) electrons. The molecule has 0 aliphatic rings. The smallest absolute Gasteiger partial charge is 0.310 e. The van der Waals surface area contributed by atoms with Gasteiger partial charge in [0, 0.05) is 30.0 Å². The Bertz CT molecular complexity index is 1370. The van der Waals surface area contributed by atoms with Crippen molar-refractivity contribution in [3.05, 3.63) is 79.7 Å². The van der Waals surface area contributed by atoms with Crippen LogP contribution < -0.4 is 11.2 Å². The highest BCUT2D eigenvalue weighted by Gasteiger charge is 2.22. The first-order valence-corrected chi connectivity index (χ1v) is 9.26. The van der Waals surface area contributed by atoms with Crippen LogP contribution in [0.2, 0.25) is 5.02 Å². The first-order valence-electron chi connectivity index (χ1n) is 8.88. The predicted octanol–water partition coefficient (Wildman–Crippen LogP) is 2.65. The van der Waals surface area contributed by atoms with Crippen molar-refractivity contribution in [2.45, 2.75) is 26.9 Å². The van der Waals surface area contributed by atoms with Crippen LogP contribution in [0.25, 0.3) is 16.9 Å². The van der Waals surface area contributed by atoms with Crippen LogP contribution in [0.3, 0.4) is 0 Å². The zero-order valence-electron chi connectivity index (χ0n) is 15.9. The molecule has 28 heavy (non-hydrogen) atoms. The van der Waals surface area contributed by atoms with Gasteiger partial charge in [-0.15, -0.1) is 6.58 Å². The number of aryl methyl sites for hydroxylation is 2. The number of allylic oxidation sites excluding steroid dienone is 1. The second-order valence-corrected chi connectivity index (χ2v) is 7.22. The van der Waals surface area contributed by atoms with E-state index in [4.69, 9.17) is 11.6 Å². The third kappa shape index (κ3) is 2.46. The van der Waals surface area contributed by atoms with Gasteiger partial charge < -0.3 is 4.57 Å². The summed E-state index contributed by atoms with van der Waals surface area (Å²) < 4.78 is 6.41. The Balaban J connectivity index is 2.09. The second kappa shape index (κ2) is 6.53. The summed E-state index contributed by atoms with van der Waals surface area (Å²) in [5, 5.41) is 0.513. The maximum absolute atomic E-state index is 13.3. The summed E-state index contributed by atoms with van der Waals surface area (Å²) in [4.78, 5) is 30.8. The van der Waals surface area contributed by atoms with E-state index < -0.39 is 5.69 Å². The molecule has 0 amide bonds. The molecule has 4 rings (SSSR count). The van der Waals surface area contributed by atoms with E-state index in [1.807, 2.05) is 34.9 Å². The molecule has 3 aromatic heterocycles. The molecular weight excluding hydrogens is 378 g/mol. The first kappa shape index (κ1) is 18.3. The minimum atomic E-state index is -0.428. The zero-order valence-corrected chi connectivity index (χ0v) is 16.7. The maximum atomic E-state index is 13.3. The van der Waals surface area contributed by atoms with Crippen LogP contribution in [0.15, 0.2) is 46.5 Å². The van der Waals surface area contributed by atoms with Gasteiger partial charge in [0.25, 0.3) is 5.56 Å². The number of fused-ring (bicyclic) bond motifs is 3. The number of halogens is 1. The third-order valence-electron chi connectivity index (χ3n) is 5.23. The summed E-state index contributed by atoms with van der Waals surface area (Å²) >= 11 is 6.24. The fourth-order valence-electron chi connectivity index (χ4n) is 3.60. The van der Waals surface area contributed by atoms with E-state index in [2.05, 4.69) is 11.6 Å². The van der Waals surface area contributed by atoms with Crippen LogP contribution in [0.1, 0.15) is 17.0 Å². The summed E-state index contributed by atoms with van der Waals surface area (Å²) in [6, 6.07) is 7.19. The third-order valence-corrected chi connectivity index (χ3v) is 5.60. The molecule has 0 aliphatic carbocycles. The van der Waals surface area contributed by atoms with E-state index in [1.165, 1.54) is 9.13 Å². The van der Waals surface area contributed by atoms with Crippen molar-refractivity contribution in [1.29, 1.82) is 0 Å². The van der Waals surface area contributed by atoms with Gasteiger partial charge in [0.1, 0.15) is 0 Å². The fraction of sp³-hybridized carbons (Fsp3) is 0.250. The summed E-state index contributed by atoms with van der Waals surface area (Å²) in [6.07, 6.45) is 1.78. The SMILES string of the molecule is C=CCn1c(C)c(C)n2c3c(=O)n(Cc4ccccc4Cl)c(=O)n(C)c3nc12. The van der Waals surface area contributed by atoms with Crippen LogP contribution in [0, 0.1) is 13.8 Å². The van der Waals surface area contributed by atoms with Gasteiger partial charge in [-0.05, 0) is 25.5 Å². The number of hydrogen-bond acceptors (Lipinski definition) is 3. The van der Waals surface area contributed by atoms with Gasteiger partial charge in [-0.25, -0.2) is 4.79 Å². The van der Waals surface area contributed by atoms with Gasteiger partial charge in [0.2, 0.25) is 5.78 Å². The Hall–Kier alpha value is -3.06. The predicted molar refractivity (Wildman–Crippen MR) is 110 cm³/mol. The molecule has 0 unspecified atom stereocenters. The van der Waals surface area contributed by atoms with E-state index in [9.17, 15) is 9.59 Å². The monoisotopic (exact) mass is 397 g/mol. The van der Waals surface area contributed by atoms with E-state index in [-0.39, 0.29) is 12.1 Å². The number of aromatic nitrogens is 5. The topological polar surface area (TPSA) is 66.2 Å². The van der Waals surface area contributed by atoms with Crippen molar-refractivity contribution in [2.24, 2.45) is 7.05 Å². The van der Waals surface area contributed by atoms with Gasteiger partial charge in [-0.1, -0.05) is 35.9 Å². The average Bonchev–Trinajstić information content (AvgIpc) is 3.17. The van der Waals surface area contributed by atoms with Gasteiger partial charge in [-0.2, -0.15) is 4.98 Å². The molecule has 0 fully saturated rings. The second-order valence-electron chi connectivity index (χ2n) is 6.81. The van der Waals surface area contributed by atoms with Gasteiger partial charge in [0.15, 0.2) is 11.2 Å². The van der Waals surface area contributed by atoms with Crippen molar-refractivity contribution in [3.63, 3.8) is 0 Å². The molecule has 144 valence electrons. The Labute approximate surface area is 165 Å². The average molecular weight is 398 g/mol. The van der Waals surface area contributed by atoms with Crippen LogP contribution in [0.4, 0.5) is 0 Å². The first-order chi connectivity index (χ1) is 13.4. The largest absolute Gasteiger partial charge is 0.332 e. The van der Waals surface area contributed by atoms with Crippen molar-refractivity contribution >= 4 is 28.5 Å². The Morgan fingerprint density at radius 3 is 2.54 bits per heavy atom. The Morgan fingerprint density at radius 1 is 1.14 bits per heavy atom. The number of benzene rings is 1. The van der Waals surface area contributed by atoms with E-state index in [0.717, 1.165) is 11.4 Å². The van der Waals surface area contributed by atoms with Gasteiger partial charge in [0.05, 0.1) is 6.54 Å². The lowest BCUT2D eigenvalue weighted by Gasteiger charge is -2.09. The normalized spacial score (nSPS) is 11.6. The standard InChI is InChI=1S/C20H20ClN5O2/c1-5-10-24-12(2)13(3)26-16-17(22-19(24)26)23(4)20(28)25(18(16)27)11-14-8-6-7-9-15(14)21/h5-9H,1,10-11H2,2-4H3. The number of imidazole rings is 2. The molecule has 4 aromatic rings. The molecule has 3 heterocycles. The number of rotatable bonds is 4. The minimum absolute atomic E-state index is 0.0970. The van der Waals surface area contributed by atoms with Crippen LogP contribution >= 0.6 is 11.6 Å². The molecule has 0 N–H and O–H groups in total. The van der Waals surface area contributed by atoms with E-state index in [0.29, 0.717) is 34.1 Å². The fourth-order valence-corrected chi connectivity index (χ4v) is 3.79.